The Morgan fingerprint density at radius 3 is 2.79 bits per heavy atom. The molecule has 8 heteroatoms. The van der Waals surface area contributed by atoms with Gasteiger partial charge in [0.25, 0.3) is 0 Å². The summed E-state index contributed by atoms with van der Waals surface area (Å²) < 4.78 is 5.52. The van der Waals surface area contributed by atoms with Gasteiger partial charge in [0.15, 0.2) is 5.82 Å². The average molecular weight is 450 g/mol. The van der Waals surface area contributed by atoms with Crippen LogP contribution in [-0.4, -0.2) is 77.9 Å². The van der Waals surface area contributed by atoms with Crippen LogP contribution in [0.2, 0.25) is 0 Å². The number of amides is 1. The van der Waals surface area contributed by atoms with Crippen LogP contribution < -0.4 is 10.2 Å². The predicted molar refractivity (Wildman–Crippen MR) is 127 cm³/mol. The fraction of sp³-hybridized carbons (Fsp3) is 0.480. The molecule has 33 heavy (non-hydrogen) atoms. The lowest BCUT2D eigenvalue weighted by atomic mass is 10.0. The van der Waals surface area contributed by atoms with Gasteiger partial charge in [-0.3, -0.25) is 4.79 Å². The highest BCUT2D eigenvalue weighted by molar-refractivity contribution is 5.83. The smallest absolute Gasteiger partial charge is 0.239 e. The number of carbonyl (C=O) groups is 1. The summed E-state index contributed by atoms with van der Waals surface area (Å²) in [6.45, 7) is 5.18. The van der Waals surface area contributed by atoms with Gasteiger partial charge in [-0.05, 0) is 43.0 Å². The quantitative estimate of drug-likeness (QED) is 0.720. The molecule has 1 aromatic carbocycles. The third-order valence-electron chi connectivity index (χ3n) is 6.62. The minimum atomic E-state index is -0.0303. The lowest BCUT2D eigenvalue weighted by Crippen LogP contribution is -2.45. The van der Waals surface area contributed by atoms with Crippen molar-refractivity contribution >= 4 is 17.3 Å². The maximum absolute atomic E-state index is 12.8. The fourth-order valence-corrected chi connectivity index (χ4v) is 4.71. The maximum atomic E-state index is 12.8. The zero-order chi connectivity index (χ0) is 22.6. The third-order valence-corrected chi connectivity index (χ3v) is 6.62. The Kier molecular flexibility index (Phi) is 6.66. The molecule has 174 valence electrons. The second-order valence-corrected chi connectivity index (χ2v) is 8.81. The molecule has 0 unspecified atom stereocenters. The standard InChI is InChI=1S/C25H31N5O3/c31-17-18-3-1-4-20(15-18)24-27-22(16-23(28-24)29-11-13-33-14-12-29)19-6-9-30(10-7-19)25(32)21-5-2-8-26-21/h1,3-4,6,15-16,21,26,31H,2,5,7-14,17H2/t21-/m0/s1. The number of ether oxygens (including phenoxy) is 1. The van der Waals surface area contributed by atoms with E-state index in [-0.39, 0.29) is 18.6 Å². The number of hydrogen-bond donors (Lipinski definition) is 2. The number of rotatable bonds is 5. The minimum Gasteiger partial charge on any atom is -0.392 e. The first-order valence-corrected chi connectivity index (χ1v) is 11.8. The second-order valence-electron chi connectivity index (χ2n) is 8.81. The van der Waals surface area contributed by atoms with Crippen molar-refractivity contribution in [1.82, 2.24) is 20.2 Å². The molecule has 2 saturated heterocycles. The summed E-state index contributed by atoms with van der Waals surface area (Å²) in [4.78, 5) is 26.7. The predicted octanol–water partition coefficient (Wildman–Crippen LogP) is 1.84. The van der Waals surface area contributed by atoms with Crippen LogP contribution in [0, 0.1) is 0 Å². The number of anilines is 1. The number of hydrogen-bond acceptors (Lipinski definition) is 7. The van der Waals surface area contributed by atoms with E-state index in [9.17, 15) is 9.90 Å². The molecule has 0 saturated carbocycles. The molecular weight excluding hydrogens is 418 g/mol. The van der Waals surface area contributed by atoms with Crippen molar-refractivity contribution in [3.05, 3.63) is 47.7 Å². The Morgan fingerprint density at radius 2 is 2.06 bits per heavy atom. The molecule has 0 spiro atoms. The van der Waals surface area contributed by atoms with E-state index < -0.39 is 0 Å². The van der Waals surface area contributed by atoms with Crippen LogP contribution in [0.5, 0.6) is 0 Å². The first kappa shape index (κ1) is 22.0. The largest absolute Gasteiger partial charge is 0.392 e. The van der Waals surface area contributed by atoms with Crippen LogP contribution in [0.4, 0.5) is 5.82 Å². The third kappa shape index (κ3) is 4.93. The van der Waals surface area contributed by atoms with Gasteiger partial charge in [-0.1, -0.05) is 24.3 Å². The number of aliphatic hydroxyl groups is 1. The van der Waals surface area contributed by atoms with Gasteiger partial charge < -0.3 is 25.0 Å². The van der Waals surface area contributed by atoms with E-state index in [4.69, 9.17) is 14.7 Å². The molecule has 2 N–H and O–H groups in total. The normalized spacial score (nSPS) is 21.2. The monoisotopic (exact) mass is 449 g/mol. The van der Waals surface area contributed by atoms with Crippen molar-refractivity contribution in [1.29, 1.82) is 0 Å². The van der Waals surface area contributed by atoms with Crippen molar-refractivity contribution in [3.8, 4) is 11.4 Å². The molecule has 2 aromatic rings. The highest BCUT2D eigenvalue weighted by Crippen LogP contribution is 2.28. The van der Waals surface area contributed by atoms with Crippen molar-refractivity contribution in [2.45, 2.75) is 31.9 Å². The summed E-state index contributed by atoms with van der Waals surface area (Å²) >= 11 is 0. The SMILES string of the molecule is O=C([C@@H]1CCCN1)N1CC=C(c2cc(N3CCOCC3)nc(-c3cccc(CO)c3)n2)CC1. The van der Waals surface area contributed by atoms with E-state index in [2.05, 4.69) is 22.4 Å². The summed E-state index contributed by atoms with van der Waals surface area (Å²) in [5.74, 6) is 1.75. The van der Waals surface area contributed by atoms with Crippen LogP contribution in [0.1, 0.15) is 30.5 Å². The summed E-state index contributed by atoms with van der Waals surface area (Å²) in [5, 5.41) is 12.9. The Labute approximate surface area is 194 Å². The molecular formula is C25H31N5O3. The first-order valence-electron chi connectivity index (χ1n) is 11.8. The molecule has 1 atom stereocenters. The van der Waals surface area contributed by atoms with E-state index in [1.54, 1.807) is 0 Å². The van der Waals surface area contributed by atoms with Crippen LogP contribution >= 0.6 is 0 Å². The van der Waals surface area contributed by atoms with Gasteiger partial charge in [0.1, 0.15) is 5.82 Å². The summed E-state index contributed by atoms with van der Waals surface area (Å²) in [6.07, 6.45) is 4.90. The Balaban J connectivity index is 1.44. The van der Waals surface area contributed by atoms with Crippen LogP contribution in [0.25, 0.3) is 17.0 Å². The highest BCUT2D eigenvalue weighted by atomic mass is 16.5. The molecule has 3 aliphatic heterocycles. The lowest BCUT2D eigenvalue weighted by molar-refractivity contribution is -0.132. The molecule has 4 heterocycles. The van der Waals surface area contributed by atoms with Gasteiger partial charge in [-0.15, -0.1) is 0 Å². The Bertz CT molecular complexity index is 1030. The number of morpholine rings is 1. The second kappa shape index (κ2) is 9.99. The summed E-state index contributed by atoms with van der Waals surface area (Å²) in [6, 6.07) is 9.76. The van der Waals surface area contributed by atoms with Crippen LogP contribution in [0.15, 0.2) is 36.4 Å². The average Bonchev–Trinajstić information content (AvgIpc) is 3.44. The van der Waals surface area contributed by atoms with Gasteiger partial charge in [0, 0.05) is 37.8 Å². The topological polar surface area (TPSA) is 90.8 Å². The molecule has 1 aromatic heterocycles. The maximum Gasteiger partial charge on any atom is 0.239 e. The zero-order valence-electron chi connectivity index (χ0n) is 18.9. The molecule has 3 aliphatic rings. The van der Waals surface area contributed by atoms with Crippen LogP contribution in [-0.2, 0) is 16.1 Å². The molecule has 0 bridgehead atoms. The van der Waals surface area contributed by atoms with E-state index >= 15 is 0 Å². The van der Waals surface area contributed by atoms with E-state index in [0.29, 0.717) is 32.1 Å². The first-order chi connectivity index (χ1) is 16.2. The van der Waals surface area contributed by atoms with Gasteiger partial charge in [0.05, 0.1) is 31.6 Å². The Hall–Kier alpha value is -2.81. The minimum absolute atomic E-state index is 0.0191. The highest BCUT2D eigenvalue weighted by Gasteiger charge is 2.28. The number of aromatic nitrogens is 2. The molecule has 2 fully saturated rings. The van der Waals surface area contributed by atoms with Crippen molar-refractivity contribution in [3.63, 3.8) is 0 Å². The molecule has 8 nitrogen and oxygen atoms in total. The van der Waals surface area contributed by atoms with Gasteiger partial charge >= 0.3 is 0 Å². The van der Waals surface area contributed by atoms with Gasteiger partial charge in [-0.25, -0.2) is 9.97 Å². The van der Waals surface area contributed by atoms with E-state index in [1.165, 1.54) is 0 Å². The molecule has 5 rings (SSSR count). The number of benzene rings is 1. The summed E-state index contributed by atoms with van der Waals surface area (Å²) in [7, 11) is 0. The summed E-state index contributed by atoms with van der Waals surface area (Å²) in [5.41, 5.74) is 3.77. The van der Waals surface area contributed by atoms with Crippen molar-refractivity contribution in [2.24, 2.45) is 0 Å². The number of nitrogens with zero attached hydrogens (tertiary/aromatic N) is 4. The molecule has 0 aliphatic carbocycles. The Morgan fingerprint density at radius 1 is 1.18 bits per heavy atom. The number of nitrogens with one attached hydrogen (secondary N) is 1. The number of aliphatic hydroxyl groups excluding tert-OH is 1. The zero-order valence-corrected chi connectivity index (χ0v) is 18.9. The van der Waals surface area contributed by atoms with E-state index in [0.717, 1.165) is 67.1 Å². The van der Waals surface area contributed by atoms with Crippen molar-refractivity contribution < 1.29 is 14.6 Å². The molecule has 0 radical (unpaired) electrons. The fourth-order valence-electron chi connectivity index (χ4n) is 4.71. The van der Waals surface area contributed by atoms with Gasteiger partial charge in [0.2, 0.25) is 5.91 Å². The molecule has 1 amide bonds. The van der Waals surface area contributed by atoms with Crippen LogP contribution in [0.3, 0.4) is 0 Å². The lowest BCUT2D eigenvalue weighted by Gasteiger charge is -2.30. The van der Waals surface area contributed by atoms with Crippen molar-refractivity contribution in [2.75, 3.05) is 50.8 Å². The number of carbonyl (C=O) groups excluding carboxylic acids is 1. The van der Waals surface area contributed by atoms with E-state index in [1.807, 2.05) is 29.2 Å². The van der Waals surface area contributed by atoms with Gasteiger partial charge in [-0.2, -0.15) is 0 Å².